The summed E-state index contributed by atoms with van der Waals surface area (Å²) >= 11 is 0. The molecule has 78 valence electrons. The summed E-state index contributed by atoms with van der Waals surface area (Å²) in [5, 5.41) is 7.96. The molecule has 4 heteroatoms. The molecular weight excluding hydrogens is 202 g/mol. The van der Waals surface area contributed by atoms with Crippen molar-refractivity contribution in [1.82, 2.24) is 15.2 Å². The summed E-state index contributed by atoms with van der Waals surface area (Å²) in [5.74, 6) is 0. The largest absolute Gasteiger partial charge is 0.328 e. The van der Waals surface area contributed by atoms with Gasteiger partial charge in [-0.1, -0.05) is 12.1 Å². The monoisotopic (exact) mass is 211 g/mol. The van der Waals surface area contributed by atoms with E-state index in [1.54, 1.807) is 18.5 Å². The second kappa shape index (κ2) is 3.34. The average molecular weight is 211 g/mol. The van der Waals surface area contributed by atoms with Gasteiger partial charge in [0.15, 0.2) is 0 Å². The fourth-order valence-electron chi connectivity index (χ4n) is 1.71. The number of nitrogens with zero attached hydrogens (tertiary/aromatic N) is 1. The van der Waals surface area contributed by atoms with Crippen LogP contribution < -0.4 is 5.56 Å². The Morgan fingerprint density at radius 2 is 1.94 bits per heavy atom. The Labute approximate surface area is 90.9 Å². The third-order valence-electron chi connectivity index (χ3n) is 2.56. The van der Waals surface area contributed by atoms with Gasteiger partial charge in [-0.05, 0) is 23.3 Å². The number of benzene rings is 1. The highest BCUT2D eigenvalue weighted by molar-refractivity contribution is 5.83. The Morgan fingerprint density at radius 1 is 1.06 bits per heavy atom. The first-order chi connectivity index (χ1) is 7.83. The maximum absolute atomic E-state index is 11.0. The van der Waals surface area contributed by atoms with Crippen LogP contribution in [0.15, 0.2) is 47.5 Å². The molecule has 1 aromatic carbocycles. The van der Waals surface area contributed by atoms with Gasteiger partial charge in [0.05, 0.1) is 11.7 Å². The summed E-state index contributed by atoms with van der Waals surface area (Å²) in [4.78, 5) is 13.6. The van der Waals surface area contributed by atoms with Crippen LogP contribution in [0.5, 0.6) is 0 Å². The van der Waals surface area contributed by atoms with E-state index in [0.29, 0.717) is 0 Å². The van der Waals surface area contributed by atoms with Gasteiger partial charge in [-0.25, -0.2) is 0 Å². The lowest BCUT2D eigenvalue weighted by atomic mass is 10.1. The minimum absolute atomic E-state index is 0.0913. The molecule has 0 amide bonds. The van der Waals surface area contributed by atoms with Gasteiger partial charge >= 0.3 is 0 Å². The zero-order valence-electron chi connectivity index (χ0n) is 8.40. The number of aromatic nitrogens is 3. The summed E-state index contributed by atoms with van der Waals surface area (Å²) in [5.41, 5.74) is 2.93. The van der Waals surface area contributed by atoms with Gasteiger partial charge in [0, 0.05) is 17.6 Å². The fraction of sp³-hybridized carbons (Fsp3) is 0. The van der Waals surface area contributed by atoms with E-state index in [4.69, 9.17) is 0 Å². The number of pyridine rings is 1. The highest BCUT2D eigenvalue weighted by Crippen LogP contribution is 2.21. The van der Waals surface area contributed by atoms with Crippen molar-refractivity contribution in [3.8, 4) is 11.1 Å². The molecular formula is C12H9N3O. The molecule has 0 unspecified atom stereocenters. The zero-order chi connectivity index (χ0) is 11.0. The molecule has 16 heavy (non-hydrogen) atoms. The summed E-state index contributed by atoms with van der Waals surface area (Å²) in [6, 6.07) is 9.34. The highest BCUT2D eigenvalue weighted by atomic mass is 16.1. The number of rotatable bonds is 1. The summed E-state index contributed by atoms with van der Waals surface area (Å²) in [6.45, 7) is 0. The summed E-state index contributed by atoms with van der Waals surface area (Å²) < 4.78 is 0. The van der Waals surface area contributed by atoms with Crippen LogP contribution in [0.25, 0.3) is 22.0 Å². The Hall–Kier alpha value is -2.36. The predicted molar refractivity (Wildman–Crippen MR) is 62.2 cm³/mol. The zero-order valence-corrected chi connectivity index (χ0v) is 8.40. The Morgan fingerprint density at radius 3 is 2.75 bits per heavy atom. The van der Waals surface area contributed by atoms with Crippen LogP contribution in [-0.2, 0) is 0 Å². The third kappa shape index (κ3) is 1.40. The van der Waals surface area contributed by atoms with E-state index in [-0.39, 0.29) is 5.56 Å². The maximum Gasteiger partial charge on any atom is 0.247 e. The molecule has 3 aromatic rings. The third-order valence-corrected chi connectivity index (χ3v) is 2.56. The van der Waals surface area contributed by atoms with Crippen LogP contribution in [0.1, 0.15) is 0 Å². The van der Waals surface area contributed by atoms with E-state index in [2.05, 4.69) is 15.2 Å². The first-order valence-corrected chi connectivity index (χ1v) is 4.95. The van der Waals surface area contributed by atoms with Gasteiger partial charge < -0.3 is 4.98 Å². The number of H-pyrrole nitrogens is 2. The van der Waals surface area contributed by atoms with Crippen molar-refractivity contribution < 1.29 is 0 Å². The molecule has 4 nitrogen and oxygen atoms in total. The van der Waals surface area contributed by atoms with E-state index in [9.17, 15) is 4.79 Å². The normalized spacial score (nSPS) is 10.8. The lowest BCUT2D eigenvalue weighted by Crippen LogP contribution is -2.01. The maximum atomic E-state index is 11.0. The van der Waals surface area contributed by atoms with Crippen LogP contribution in [0.3, 0.4) is 0 Å². The molecule has 0 atom stereocenters. The van der Waals surface area contributed by atoms with E-state index in [1.807, 2.05) is 18.2 Å². The molecule has 2 heterocycles. The average Bonchev–Trinajstić information content (AvgIpc) is 2.77. The van der Waals surface area contributed by atoms with Crippen LogP contribution in [0.2, 0.25) is 0 Å². The lowest BCUT2D eigenvalue weighted by Gasteiger charge is -2.00. The molecule has 2 aromatic heterocycles. The van der Waals surface area contributed by atoms with Crippen molar-refractivity contribution >= 4 is 10.9 Å². The first kappa shape index (κ1) is 8.91. The van der Waals surface area contributed by atoms with Crippen molar-refractivity contribution in [2.45, 2.75) is 0 Å². The SMILES string of the molecule is O=c1ccc(-c2ccc3cn[nH]c3c2)c[nH]1. The van der Waals surface area contributed by atoms with Gasteiger partial charge in [-0.15, -0.1) is 0 Å². The van der Waals surface area contributed by atoms with Gasteiger partial charge in [-0.2, -0.15) is 5.10 Å². The smallest absolute Gasteiger partial charge is 0.247 e. The van der Waals surface area contributed by atoms with Crippen LogP contribution in [0, 0.1) is 0 Å². The Balaban J connectivity index is 2.17. The van der Waals surface area contributed by atoms with Crippen LogP contribution in [0.4, 0.5) is 0 Å². The summed E-state index contributed by atoms with van der Waals surface area (Å²) in [7, 11) is 0. The Bertz CT molecular complexity index is 676. The van der Waals surface area contributed by atoms with Crippen molar-refractivity contribution in [3.63, 3.8) is 0 Å². The fourth-order valence-corrected chi connectivity index (χ4v) is 1.71. The topological polar surface area (TPSA) is 61.5 Å². The molecule has 0 fully saturated rings. The number of hydrogen-bond donors (Lipinski definition) is 2. The standard InChI is InChI=1S/C12H9N3O/c16-12-4-3-9(6-13-12)8-1-2-10-7-14-15-11(10)5-8/h1-7H,(H,13,16)(H,14,15). The molecule has 0 saturated carbocycles. The molecule has 2 N–H and O–H groups in total. The van der Waals surface area contributed by atoms with Crippen LogP contribution in [-0.4, -0.2) is 15.2 Å². The second-order valence-electron chi connectivity index (χ2n) is 3.61. The lowest BCUT2D eigenvalue weighted by molar-refractivity contribution is 1.12. The van der Waals surface area contributed by atoms with E-state index < -0.39 is 0 Å². The second-order valence-corrected chi connectivity index (χ2v) is 3.61. The van der Waals surface area contributed by atoms with E-state index >= 15 is 0 Å². The molecule has 0 aliphatic carbocycles. The van der Waals surface area contributed by atoms with Crippen molar-refractivity contribution in [2.75, 3.05) is 0 Å². The van der Waals surface area contributed by atoms with Crippen molar-refractivity contribution in [1.29, 1.82) is 0 Å². The molecule has 0 aliphatic rings. The number of fused-ring (bicyclic) bond motifs is 1. The minimum atomic E-state index is -0.0913. The van der Waals surface area contributed by atoms with Crippen molar-refractivity contribution in [2.24, 2.45) is 0 Å². The number of nitrogens with one attached hydrogen (secondary N) is 2. The molecule has 0 radical (unpaired) electrons. The van der Waals surface area contributed by atoms with E-state index in [1.165, 1.54) is 6.07 Å². The minimum Gasteiger partial charge on any atom is -0.328 e. The number of hydrogen-bond acceptors (Lipinski definition) is 2. The quantitative estimate of drug-likeness (QED) is 0.646. The number of aromatic amines is 2. The van der Waals surface area contributed by atoms with Gasteiger partial charge in [0.1, 0.15) is 0 Å². The summed E-state index contributed by atoms with van der Waals surface area (Å²) in [6.07, 6.45) is 3.49. The van der Waals surface area contributed by atoms with E-state index in [0.717, 1.165) is 22.0 Å². The predicted octanol–water partition coefficient (Wildman–Crippen LogP) is 1.92. The van der Waals surface area contributed by atoms with Crippen molar-refractivity contribution in [3.05, 3.63) is 53.1 Å². The Kier molecular flexibility index (Phi) is 1.86. The molecule has 0 spiro atoms. The first-order valence-electron chi connectivity index (χ1n) is 4.95. The molecule has 0 aliphatic heterocycles. The van der Waals surface area contributed by atoms with Gasteiger partial charge in [0.2, 0.25) is 5.56 Å². The van der Waals surface area contributed by atoms with Gasteiger partial charge in [-0.3, -0.25) is 9.89 Å². The highest BCUT2D eigenvalue weighted by Gasteiger charge is 2.00. The van der Waals surface area contributed by atoms with Crippen LogP contribution >= 0.6 is 0 Å². The van der Waals surface area contributed by atoms with Gasteiger partial charge in [0.25, 0.3) is 0 Å². The molecule has 3 rings (SSSR count). The molecule has 0 bridgehead atoms. The molecule has 0 saturated heterocycles.